The summed E-state index contributed by atoms with van der Waals surface area (Å²) in [5, 5.41) is 8.89. The molecule has 4 nitrogen and oxygen atoms in total. The van der Waals surface area contributed by atoms with Crippen LogP contribution in [0.2, 0.25) is 0 Å². The molecule has 0 fully saturated rings. The van der Waals surface area contributed by atoms with Gasteiger partial charge in [0.1, 0.15) is 0 Å². The third-order valence-electron chi connectivity index (χ3n) is 3.90. The fourth-order valence-electron chi connectivity index (χ4n) is 2.37. The highest BCUT2D eigenvalue weighted by molar-refractivity contribution is 5.70. The van der Waals surface area contributed by atoms with E-state index in [1.54, 1.807) is 6.92 Å². The van der Waals surface area contributed by atoms with Crippen molar-refractivity contribution < 1.29 is 19.4 Å². The molecule has 168 valence electrons. The number of carboxylic acids is 1. The van der Waals surface area contributed by atoms with Crippen molar-refractivity contribution in [2.75, 3.05) is 13.2 Å². The number of allylic oxidation sites excluding steroid dienone is 12. The van der Waals surface area contributed by atoms with Gasteiger partial charge in [-0.05, 0) is 58.3 Å². The number of rotatable bonds is 19. The van der Waals surface area contributed by atoms with Gasteiger partial charge in [0, 0.05) is 6.61 Å². The summed E-state index contributed by atoms with van der Waals surface area (Å²) < 4.78 is 10.2. The normalized spacial score (nSPS) is 13.9. The van der Waals surface area contributed by atoms with E-state index in [4.69, 9.17) is 14.6 Å². The minimum Gasteiger partial charge on any atom is -0.477 e. The Morgan fingerprint density at radius 2 is 1.13 bits per heavy atom. The second-order valence-corrected chi connectivity index (χ2v) is 6.55. The Labute approximate surface area is 183 Å². The summed E-state index contributed by atoms with van der Waals surface area (Å²) in [4.78, 5) is 10.8. The Hall–Kier alpha value is -2.17. The average Bonchev–Trinajstić information content (AvgIpc) is 2.73. The van der Waals surface area contributed by atoms with Crippen molar-refractivity contribution in [1.82, 2.24) is 0 Å². The van der Waals surface area contributed by atoms with Crippen LogP contribution in [0.25, 0.3) is 0 Å². The van der Waals surface area contributed by atoms with Gasteiger partial charge < -0.3 is 14.6 Å². The molecular formula is C26H40O4. The van der Waals surface area contributed by atoms with E-state index in [2.05, 4.69) is 79.8 Å². The third-order valence-corrected chi connectivity index (χ3v) is 3.90. The van der Waals surface area contributed by atoms with Crippen LogP contribution in [-0.2, 0) is 14.3 Å². The molecule has 0 bridgehead atoms. The van der Waals surface area contributed by atoms with Gasteiger partial charge in [0.15, 0.2) is 0 Å². The van der Waals surface area contributed by atoms with Crippen molar-refractivity contribution in [3.05, 3.63) is 72.9 Å². The van der Waals surface area contributed by atoms with Gasteiger partial charge in [-0.1, -0.05) is 79.8 Å². The fourth-order valence-corrected chi connectivity index (χ4v) is 2.37. The maximum absolute atomic E-state index is 10.8. The molecule has 0 aliphatic rings. The van der Waals surface area contributed by atoms with Gasteiger partial charge in [0.05, 0.1) is 6.61 Å². The molecule has 0 aromatic carbocycles. The molecule has 1 unspecified atom stereocenters. The van der Waals surface area contributed by atoms with E-state index >= 15 is 0 Å². The van der Waals surface area contributed by atoms with Gasteiger partial charge in [0.2, 0.25) is 0 Å². The first-order valence-electron chi connectivity index (χ1n) is 11.1. The van der Waals surface area contributed by atoms with E-state index in [0.717, 1.165) is 51.4 Å². The van der Waals surface area contributed by atoms with Crippen molar-refractivity contribution in [3.8, 4) is 0 Å². The lowest BCUT2D eigenvalue weighted by Crippen LogP contribution is -2.27. The molecular weight excluding hydrogens is 376 g/mol. The van der Waals surface area contributed by atoms with E-state index in [1.165, 1.54) is 0 Å². The molecule has 0 saturated heterocycles. The van der Waals surface area contributed by atoms with Gasteiger partial charge in [-0.25, -0.2) is 4.79 Å². The van der Waals surface area contributed by atoms with E-state index in [0.29, 0.717) is 13.2 Å². The highest BCUT2D eigenvalue weighted by Crippen LogP contribution is 2.01. The van der Waals surface area contributed by atoms with Crippen LogP contribution in [0.4, 0.5) is 0 Å². The summed E-state index contributed by atoms with van der Waals surface area (Å²) in [7, 11) is 0. The average molecular weight is 417 g/mol. The monoisotopic (exact) mass is 416 g/mol. The van der Waals surface area contributed by atoms with Crippen molar-refractivity contribution in [3.63, 3.8) is 0 Å². The van der Waals surface area contributed by atoms with E-state index in [1.807, 2.05) is 0 Å². The van der Waals surface area contributed by atoms with Crippen LogP contribution >= 0.6 is 0 Å². The summed E-state index contributed by atoms with van der Waals surface area (Å²) in [6.45, 7) is 4.60. The third kappa shape index (κ3) is 20.6. The van der Waals surface area contributed by atoms with Crippen molar-refractivity contribution >= 4 is 5.97 Å². The molecule has 0 rings (SSSR count). The largest absolute Gasteiger partial charge is 0.477 e. The fraction of sp³-hybridized carbons (Fsp3) is 0.500. The van der Waals surface area contributed by atoms with Crippen LogP contribution in [-0.4, -0.2) is 30.6 Å². The molecule has 30 heavy (non-hydrogen) atoms. The smallest absolute Gasteiger partial charge is 0.361 e. The minimum atomic E-state index is -1.15. The second kappa shape index (κ2) is 23.1. The summed E-state index contributed by atoms with van der Waals surface area (Å²) >= 11 is 0. The number of hydrogen-bond donors (Lipinski definition) is 1. The Balaban J connectivity index is 3.60. The number of hydrogen-bond acceptors (Lipinski definition) is 3. The molecule has 1 atom stereocenters. The molecule has 0 aromatic heterocycles. The van der Waals surface area contributed by atoms with Gasteiger partial charge in [-0.15, -0.1) is 0 Å². The number of aliphatic carboxylic acids is 1. The van der Waals surface area contributed by atoms with Crippen molar-refractivity contribution in [1.29, 1.82) is 0 Å². The maximum Gasteiger partial charge on any atom is 0.361 e. The van der Waals surface area contributed by atoms with Crippen LogP contribution in [0.5, 0.6) is 0 Å². The van der Waals surface area contributed by atoms with Crippen LogP contribution in [0.15, 0.2) is 72.9 Å². The van der Waals surface area contributed by atoms with Crippen LogP contribution in [0.1, 0.15) is 65.2 Å². The summed E-state index contributed by atoms with van der Waals surface area (Å²) in [5.74, 6) is -1.08. The Bertz CT molecular complexity index is 568. The summed E-state index contributed by atoms with van der Waals surface area (Å²) in [6, 6.07) is 0. The summed E-state index contributed by atoms with van der Waals surface area (Å²) in [6.07, 6.45) is 32.6. The standard InChI is InChI=1S/C26H40O4/c1-3-5-6-7-8-9-10-11-12-13-14-15-16-17-18-19-20-21-22-23-24-30-26(25(27)28)29-4-2/h5-6,8-9,11-12,14-15,17-18,20-21,26H,3-4,7,10,13,16,19,22-24H2,1-2H3,(H,27,28)/b6-5-,9-8-,12-11-,15-14-,18-17-,21-20-. The first kappa shape index (κ1) is 27.8. The van der Waals surface area contributed by atoms with Crippen LogP contribution in [0, 0.1) is 0 Å². The van der Waals surface area contributed by atoms with Crippen molar-refractivity contribution in [2.45, 2.75) is 71.5 Å². The number of unbranched alkanes of at least 4 members (excludes halogenated alkanes) is 1. The molecule has 0 heterocycles. The van der Waals surface area contributed by atoms with Gasteiger partial charge in [-0.2, -0.15) is 0 Å². The topological polar surface area (TPSA) is 55.8 Å². The molecule has 0 saturated carbocycles. The molecule has 1 N–H and O–H groups in total. The van der Waals surface area contributed by atoms with Crippen molar-refractivity contribution in [2.24, 2.45) is 0 Å². The first-order valence-corrected chi connectivity index (χ1v) is 11.1. The lowest BCUT2D eigenvalue weighted by Gasteiger charge is -2.12. The van der Waals surface area contributed by atoms with Gasteiger partial charge >= 0.3 is 5.97 Å². The van der Waals surface area contributed by atoms with E-state index in [-0.39, 0.29) is 0 Å². The highest BCUT2D eigenvalue weighted by atomic mass is 16.7. The zero-order chi connectivity index (χ0) is 22.1. The summed E-state index contributed by atoms with van der Waals surface area (Å²) in [5.41, 5.74) is 0. The maximum atomic E-state index is 10.8. The lowest BCUT2D eigenvalue weighted by atomic mass is 10.2. The molecule has 0 spiro atoms. The van der Waals surface area contributed by atoms with E-state index < -0.39 is 12.3 Å². The van der Waals surface area contributed by atoms with Crippen LogP contribution < -0.4 is 0 Å². The number of ether oxygens (including phenoxy) is 2. The molecule has 0 aliphatic carbocycles. The predicted octanol–water partition coefficient (Wildman–Crippen LogP) is 6.93. The zero-order valence-corrected chi connectivity index (χ0v) is 18.7. The quantitative estimate of drug-likeness (QED) is 0.141. The zero-order valence-electron chi connectivity index (χ0n) is 18.7. The molecule has 0 aromatic rings. The molecule has 0 amide bonds. The van der Waals surface area contributed by atoms with Gasteiger partial charge in [-0.3, -0.25) is 0 Å². The lowest BCUT2D eigenvalue weighted by molar-refractivity contribution is -0.188. The van der Waals surface area contributed by atoms with Crippen LogP contribution in [0.3, 0.4) is 0 Å². The molecule has 4 heteroatoms. The Morgan fingerprint density at radius 3 is 1.53 bits per heavy atom. The minimum absolute atomic E-state index is 0.324. The second-order valence-electron chi connectivity index (χ2n) is 6.55. The Kier molecular flexibility index (Phi) is 21.4. The first-order chi connectivity index (χ1) is 14.7. The molecule has 0 aliphatic heterocycles. The Morgan fingerprint density at radius 1 is 0.700 bits per heavy atom. The predicted molar refractivity (Wildman–Crippen MR) is 126 cm³/mol. The highest BCUT2D eigenvalue weighted by Gasteiger charge is 2.16. The SMILES string of the molecule is CC/C=C\C/C=C\C/C=C\C/C=C\C/C=C\C/C=C\CCCOC(OCC)C(=O)O. The number of carboxylic acid groups (broad SMARTS) is 1. The number of carbonyl (C=O) groups is 1. The van der Waals surface area contributed by atoms with E-state index in [9.17, 15) is 4.79 Å². The van der Waals surface area contributed by atoms with Gasteiger partial charge in [0.25, 0.3) is 6.29 Å². The molecule has 0 radical (unpaired) electrons.